The molecule has 2 heterocycles. The predicted octanol–water partition coefficient (Wildman–Crippen LogP) is 3.52. The maximum atomic E-state index is 5.94. The van der Waals surface area contributed by atoms with E-state index in [2.05, 4.69) is 9.97 Å². The first-order valence-corrected chi connectivity index (χ1v) is 6.80. The van der Waals surface area contributed by atoms with Crippen molar-refractivity contribution in [3.05, 3.63) is 41.4 Å². The van der Waals surface area contributed by atoms with E-state index in [1.807, 2.05) is 41.4 Å². The van der Waals surface area contributed by atoms with Crippen LogP contribution < -0.4 is 5.73 Å². The molecule has 2 N–H and O–H groups in total. The molecular weight excluding hydrogens is 250 g/mol. The van der Waals surface area contributed by atoms with Crippen LogP contribution in [0.5, 0.6) is 0 Å². The Morgan fingerprint density at radius 1 is 1.12 bits per heavy atom. The van der Waals surface area contributed by atoms with Gasteiger partial charge in [0.2, 0.25) is 0 Å². The van der Waals surface area contributed by atoms with Crippen LogP contribution in [0.4, 0.5) is 5.69 Å². The Balaban J connectivity index is 2.04. The summed E-state index contributed by atoms with van der Waals surface area (Å²) in [5.41, 5.74) is 10.5. The molecule has 3 rings (SSSR count). The van der Waals surface area contributed by atoms with Crippen molar-refractivity contribution < 1.29 is 0 Å². The molecule has 0 unspecified atom stereocenters. The average molecular weight is 259 g/mol. The molecular formula is C12H9N3S2. The summed E-state index contributed by atoms with van der Waals surface area (Å²) in [4.78, 5) is 9.73. The van der Waals surface area contributed by atoms with Crippen LogP contribution in [0.15, 0.2) is 41.4 Å². The number of hydrogen-bond donors (Lipinski definition) is 1. The first kappa shape index (κ1) is 10.4. The normalized spacial score (nSPS) is 10.6. The highest BCUT2D eigenvalue weighted by molar-refractivity contribution is 7.15. The lowest BCUT2D eigenvalue weighted by Gasteiger charge is -1.99. The summed E-state index contributed by atoms with van der Waals surface area (Å²) in [6.07, 6.45) is 1.83. The van der Waals surface area contributed by atoms with Crippen LogP contribution in [0.25, 0.3) is 21.1 Å². The third-order valence-electron chi connectivity index (χ3n) is 2.38. The SMILES string of the molecule is Nc1ccccc1-c1nc(-c2cncs2)cs1. The zero-order chi connectivity index (χ0) is 11.7. The van der Waals surface area contributed by atoms with Crippen molar-refractivity contribution in [2.24, 2.45) is 0 Å². The van der Waals surface area contributed by atoms with E-state index in [0.29, 0.717) is 0 Å². The zero-order valence-corrected chi connectivity index (χ0v) is 10.5. The van der Waals surface area contributed by atoms with Crippen LogP contribution in [0.2, 0.25) is 0 Å². The van der Waals surface area contributed by atoms with Crippen LogP contribution in [0.3, 0.4) is 0 Å². The molecule has 0 saturated carbocycles. The molecule has 0 saturated heterocycles. The summed E-state index contributed by atoms with van der Waals surface area (Å²) < 4.78 is 0. The quantitative estimate of drug-likeness (QED) is 0.716. The lowest BCUT2D eigenvalue weighted by molar-refractivity contribution is 1.38. The van der Waals surface area contributed by atoms with Gasteiger partial charge in [0.1, 0.15) is 5.01 Å². The van der Waals surface area contributed by atoms with E-state index in [9.17, 15) is 0 Å². The van der Waals surface area contributed by atoms with Gasteiger partial charge in [0.15, 0.2) is 0 Å². The van der Waals surface area contributed by atoms with E-state index in [1.165, 1.54) is 0 Å². The van der Waals surface area contributed by atoms with Crippen LogP contribution in [0.1, 0.15) is 0 Å². The molecule has 0 bridgehead atoms. The molecule has 0 aliphatic heterocycles. The average Bonchev–Trinajstić information content (AvgIpc) is 3.00. The minimum atomic E-state index is 0.762. The topological polar surface area (TPSA) is 51.8 Å². The van der Waals surface area contributed by atoms with E-state index in [1.54, 1.807) is 22.7 Å². The number of para-hydroxylation sites is 1. The van der Waals surface area contributed by atoms with E-state index < -0.39 is 0 Å². The highest BCUT2D eigenvalue weighted by Gasteiger charge is 2.09. The lowest BCUT2D eigenvalue weighted by atomic mass is 10.2. The summed E-state index contributed by atoms with van der Waals surface area (Å²) in [5, 5.41) is 2.99. The second kappa shape index (κ2) is 4.27. The largest absolute Gasteiger partial charge is 0.398 e. The minimum Gasteiger partial charge on any atom is -0.398 e. The van der Waals surface area contributed by atoms with Gasteiger partial charge in [0, 0.05) is 22.8 Å². The molecule has 3 aromatic rings. The van der Waals surface area contributed by atoms with Crippen LogP contribution in [-0.4, -0.2) is 9.97 Å². The maximum Gasteiger partial charge on any atom is 0.126 e. The van der Waals surface area contributed by atoms with Crippen molar-refractivity contribution in [3.63, 3.8) is 0 Å². The summed E-state index contributed by atoms with van der Waals surface area (Å²) in [6.45, 7) is 0. The van der Waals surface area contributed by atoms with Crippen molar-refractivity contribution in [3.8, 4) is 21.1 Å². The highest BCUT2D eigenvalue weighted by Crippen LogP contribution is 2.32. The van der Waals surface area contributed by atoms with Gasteiger partial charge < -0.3 is 5.73 Å². The molecule has 0 radical (unpaired) electrons. The van der Waals surface area contributed by atoms with Crippen LogP contribution in [0, 0.1) is 0 Å². The third kappa shape index (κ3) is 1.94. The number of anilines is 1. The predicted molar refractivity (Wildman–Crippen MR) is 73.1 cm³/mol. The van der Waals surface area contributed by atoms with Gasteiger partial charge in [-0.25, -0.2) is 4.98 Å². The fourth-order valence-corrected chi connectivity index (χ4v) is 3.07. The number of nitrogens with zero attached hydrogens (tertiary/aromatic N) is 2. The van der Waals surface area contributed by atoms with Gasteiger partial charge in [-0.2, -0.15) is 0 Å². The fraction of sp³-hybridized carbons (Fsp3) is 0. The summed E-state index contributed by atoms with van der Waals surface area (Å²) in [7, 11) is 0. The van der Waals surface area contributed by atoms with Crippen LogP contribution >= 0.6 is 22.7 Å². The third-order valence-corrected chi connectivity index (χ3v) is 4.05. The number of rotatable bonds is 2. The first-order chi connectivity index (χ1) is 8.34. The van der Waals surface area contributed by atoms with E-state index in [-0.39, 0.29) is 0 Å². The molecule has 1 aromatic carbocycles. The van der Waals surface area contributed by atoms with E-state index in [0.717, 1.165) is 26.8 Å². The molecule has 2 aromatic heterocycles. The highest BCUT2D eigenvalue weighted by atomic mass is 32.1. The molecule has 5 heteroatoms. The molecule has 0 atom stereocenters. The molecule has 84 valence electrons. The fourth-order valence-electron chi connectivity index (χ4n) is 1.54. The first-order valence-electron chi connectivity index (χ1n) is 5.04. The standard InChI is InChI=1S/C12H9N3S2/c13-9-4-2-1-3-8(9)12-15-10(6-16-12)11-5-14-7-17-11/h1-7H,13H2. The second-order valence-corrected chi connectivity index (χ2v) is 5.24. The number of hydrogen-bond acceptors (Lipinski definition) is 5. The van der Waals surface area contributed by atoms with Gasteiger partial charge in [0.05, 0.1) is 16.1 Å². The molecule has 0 spiro atoms. The van der Waals surface area contributed by atoms with Crippen molar-refractivity contribution in [2.75, 3.05) is 5.73 Å². The number of thiazole rings is 2. The number of aromatic nitrogens is 2. The Labute approximate surface area is 107 Å². The van der Waals surface area contributed by atoms with Crippen molar-refractivity contribution in [2.45, 2.75) is 0 Å². The summed E-state index contributed by atoms with van der Waals surface area (Å²) in [5.74, 6) is 0. The molecule has 0 amide bonds. The van der Waals surface area contributed by atoms with E-state index in [4.69, 9.17) is 5.73 Å². The maximum absolute atomic E-state index is 5.94. The van der Waals surface area contributed by atoms with Gasteiger partial charge in [-0.1, -0.05) is 12.1 Å². The van der Waals surface area contributed by atoms with Gasteiger partial charge >= 0.3 is 0 Å². The monoisotopic (exact) mass is 259 g/mol. The Morgan fingerprint density at radius 3 is 2.76 bits per heavy atom. The molecule has 3 nitrogen and oxygen atoms in total. The molecule has 0 aliphatic rings. The van der Waals surface area contributed by atoms with Crippen molar-refractivity contribution >= 4 is 28.4 Å². The van der Waals surface area contributed by atoms with E-state index >= 15 is 0 Å². The number of nitrogen functional groups attached to an aromatic ring is 1. The minimum absolute atomic E-state index is 0.762. The smallest absolute Gasteiger partial charge is 0.126 e. The van der Waals surface area contributed by atoms with Gasteiger partial charge in [-0.3, -0.25) is 4.98 Å². The van der Waals surface area contributed by atoms with Crippen LogP contribution in [-0.2, 0) is 0 Å². The molecule has 17 heavy (non-hydrogen) atoms. The number of nitrogens with two attached hydrogens (primary N) is 1. The zero-order valence-electron chi connectivity index (χ0n) is 8.83. The summed E-state index contributed by atoms with van der Waals surface area (Å²) >= 11 is 3.19. The Bertz CT molecular complexity index is 629. The second-order valence-electron chi connectivity index (χ2n) is 3.49. The Kier molecular flexibility index (Phi) is 2.62. The van der Waals surface area contributed by atoms with Crippen molar-refractivity contribution in [1.82, 2.24) is 9.97 Å². The van der Waals surface area contributed by atoms with Gasteiger partial charge in [-0.15, -0.1) is 22.7 Å². The van der Waals surface area contributed by atoms with Gasteiger partial charge in [0.25, 0.3) is 0 Å². The van der Waals surface area contributed by atoms with Gasteiger partial charge in [-0.05, 0) is 12.1 Å². The summed E-state index contributed by atoms with van der Waals surface area (Å²) in [6, 6.07) is 7.78. The Morgan fingerprint density at radius 2 is 2.00 bits per heavy atom. The lowest BCUT2D eigenvalue weighted by Crippen LogP contribution is -1.88. The van der Waals surface area contributed by atoms with Crippen molar-refractivity contribution in [1.29, 1.82) is 0 Å². The molecule has 0 aliphatic carbocycles. The number of benzene rings is 1. The molecule has 0 fully saturated rings. The Hall–Kier alpha value is -1.72.